The Labute approximate surface area is 104 Å². The normalized spacial score (nSPS) is 25.9. The quantitative estimate of drug-likeness (QED) is 0.765. The number of hydrogen-bond donors (Lipinski definition) is 1. The number of nitrogens with zero attached hydrogens (tertiary/aromatic N) is 1. The summed E-state index contributed by atoms with van der Waals surface area (Å²) in [6, 6.07) is 0.500. The number of methoxy groups -OCH3 is 1. The summed E-state index contributed by atoms with van der Waals surface area (Å²) >= 11 is 0. The first-order valence-corrected chi connectivity index (χ1v) is 6.65. The first kappa shape index (κ1) is 14.5. The molecule has 17 heavy (non-hydrogen) atoms. The van der Waals surface area contributed by atoms with Crippen molar-refractivity contribution in [3.8, 4) is 0 Å². The second-order valence-corrected chi connectivity index (χ2v) is 5.05. The molecule has 100 valence electrons. The molecule has 0 radical (unpaired) electrons. The highest BCUT2D eigenvalue weighted by Gasteiger charge is 2.32. The number of nitrogens with two attached hydrogens (primary N) is 1. The first-order chi connectivity index (χ1) is 8.10. The van der Waals surface area contributed by atoms with E-state index >= 15 is 0 Å². The van der Waals surface area contributed by atoms with E-state index in [1.807, 2.05) is 4.90 Å². The van der Waals surface area contributed by atoms with Crippen LogP contribution in [0, 0.1) is 5.92 Å². The lowest BCUT2D eigenvalue weighted by Crippen LogP contribution is -2.43. The largest absolute Gasteiger partial charge is 0.383 e. The monoisotopic (exact) mass is 242 g/mol. The summed E-state index contributed by atoms with van der Waals surface area (Å²) in [7, 11) is 1.67. The van der Waals surface area contributed by atoms with E-state index in [9.17, 15) is 4.79 Å². The van der Waals surface area contributed by atoms with Crippen molar-refractivity contribution in [3.05, 3.63) is 0 Å². The van der Waals surface area contributed by atoms with Crippen molar-refractivity contribution in [2.45, 2.75) is 51.6 Å². The van der Waals surface area contributed by atoms with E-state index < -0.39 is 0 Å². The maximum atomic E-state index is 12.4. The molecule has 0 heterocycles. The van der Waals surface area contributed by atoms with Gasteiger partial charge in [0.2, 0.25) is 5.91 Å². The van der Waals surface area contributed by atoms with E-state index in [4.69, 9.17) is 10.5 Å². The van der Waals surface area contributed by atoms with Gasteiger partial charge in [-0.15, -0.1) is 0 Å². The highest BCUT2D eigenvalue weighted by atomic mass is 16.5. The van der Waals surface area contributed by atoms with Crippen LogP contribution in [0.2, 0.25) is 0 Å². The summed E-state index contributed by atoms with van der Waals surface area (Å²) in [5, 5.41) is 0. The summed E-state index contributed by atoms with van der Waals surface area (Å²) in [4.78, 5) is 14.4. The maximum Gasteiger partial charge on any atom is 0.226 e. The minimum absolute atomic E-state index is 0.135. The van der Waals surface area contributed by atoms with Crippen LogP contribution in [-0.2, 0) is 9.53 Å². The van der Waals surface area contributed by atoms with Crippen LogP contribution in [0.3, 0.4) is 0 Å². The molecule has 1 aliphatic rings. The molecular formula is C13H26N2O2. The van der Waals surface area contributed by atoms with E-state index in [2.05, 4.69) is 13.8 Å². The average molecular weight is 242 g/mol. The van der Waals surface area contributed by atoms with Crippen LogP contribution >= 0.6 is 0 Å². The second kappa shape index (κ2) is 6.97. The van der Waals surface area contributed by atoms with Crippen molar-refractivity contribution < 1.29 is 9.53 Å². The smallest absolute Gasteiger partial charge is 0.226 e. The van der Waals surface area contributed by atoms with Gasteiger partial charge < -0.3 is 15.4 Å². The number of carbonyl (C=O) groups is 1. The highest BCUT2D eigenvalue weighted by molar-refractivity contribution is 5.79. The Morgan fingerprint density at radius 1 is 1.53 bits per heavy atom. The van der Waals surface area contributed by atoms with Crippen molar-refractivity contribution in [1.29, 1.82) is 0 Å². The van der Waals surface area contributed by atoms with Crippen molar-refractivity contribution in [3.63, 3.8) is 0 Å². The Morgan fingerprint density at radius 2 is 2.24 bits per heavy atom. The zero-order chi connectivity index (χ0) is 12.8. The third-order valence-electron chi connectivity index (χ3n) is 3.76. The van der Waals surface area contributed by atoms with Gasteiger partial charge >= 0.3 is 0 Å². The maximum absolute atomic E-state index is 12.4. The van der Waals surface area contributed by atoms with Crippen molar-refractivity contribution in [2.24, 2.45) is 11.7 Å². The van der Waals surface area contributed by atoms with Crippen LogP contribution in [0.25, 0.3) is 0 Å². The minimum Gasteiger partial charge on any atom is -0.383 e. The van der Waals surface area contributed by atoms with Crippen LogP contribution in [-0.4, -0.2) is 43.2 Å². The Hall–Kier alpha value is -0.610. The lowest BCUT2D eigenvalue weighted by molar-refractivity contribution is -0.138. The molecule has 0 spiro atoms. The van der Waals surface area contributed by atoms with Crippen LogP contribution in [0.1, 0.15) is 39.5 Å². The highest BCUT2D eigenvalue weighted by Crippen LogP contribution is 2.26. The molecule has 4 heteroatoms. The summed E-state index contributed by atoms with van der Waals surface area (Å²) in [6.07, 6.45) is 3.75. The molecule has 4 nitrogen and oxygen atoms in total. The lowest BCUT2D eigenvalue weighted by atomic mass is 10.0. The summed E-state index contributed by atoms with van der Waals surface area (Å²) in [6.45, 7) is 5.51. The van der Waals surface area contributed by atoms with E-state index in [0.29, 0.717) is 13.2 Å². The molecule has 1 aliphatic carbocycles. The van der Waals surface area contributed by atoms with Crippen molar-refractivity contribution >= 4 is 5.91 Å². The Kier molecular flexibility index (Phi) is 5.92. The third-order valence-corrected chi connectivity index (χ3v) is 3.76. The number of rotatable bonds is 6. The predicted octanol–water partition coefficient (Wildman–Crippen LogP) is 1.39. The molecule has 3 unspecified atom stereocenters. The zero-order valence-electron chi connectivity index (χ0n) is 11.3. The van der Waals surface area contributed by atoms with Crippen molar-refractivity contribution in [1.82, 2.24) is 4.90 Å². The molecule has 1 saturated carbocycles. The van der Waals surface area contributed by atoms with Gasteiger partial charge in [-0.05, 0) is 32.6 Å². The fourth-order valence-electron chi connectivity index (χ4n) is 2.43. The summed E-state index contributed by atoms with van der Waals surface area (Å²) < 4.78 is 5.08. The average Bonchev–Trinajstić information content (AvgIpc) is 2.75. The molecule has 0 saturated heterocycles. The molecule has 2 N–H and O–H groups in total. The lowest BCUT2D eigenvalue weighted by Gasteiger charge is -2.30. The van der Waals surface area contributed by atoms with Crippen LogP contribution in [0.5, 0.6) is 0 Å². The van der Waals surface area contributed by atoms with Gasteiger partial charge in [-0.3, -0.25) is 4.79 Å². The van der Waals surface area contributed by atoms with Crippen molar-refractivity contribution in [2.75, 3.05) is 20.3 Å². The summed E-state index contributed by atoms with van der Waals surface area (Å²) in [5.74, 6) is 0.403. The van der Waals surface area contributed by atoms with Gasteiger partial charge in [-0.2, -0.15) is 0 Å². The molecule has 1 amide bonds. The van der Waals surface area contributed by atoms with E-state index in [1.54, 1.807) is 7.11 Å². The Balaban J connectivity index is 2.58. The van der Waals surface area contributed by atoms with Gasteiger partial charge in [-0.25, -0.2) is 0 Å². The molecule has 0 bridgehead atoms. The van der Waals surface area contributed by atoms with E-state index in [1.165, 1.54) is 0 Å². The first-order valence-electron chi connectivity index (χ1n) is 6.65. The number of amides is 1. The molecule has 0 aromatic carbocycles. The van der Waals surface area contributed by atoms with Crippen LogP contribution in [0.15, 0.2) is 0 Å². The molecule has 1 fully saturated rings. The Bertz CT molecular complexity index is 246. The van der Waals surface area contributed by atoms with E-state index in [0.717, 1.165) is 25.7 Å². The molecular weight excluding hydrogens is 216 g/mol. The molecule has 1 rings (SSSR count). The second-order valence-electron chi connectivity index (χ2n) is 5.05. The SMILES string of the molecule is CCC(C)N(CCOC)C(=O)C1CCC(N)C1. The molecule has 0 aromatic rings. The number of carbonyl (C=O) groups excluding carboxylic acids is 1. The van der Waals surface area contributed by atoms with Gasteiger partial charge in [-0.1, -0.05) is 6.92 Å². The minimum atomic E-state index is 0.135. The molecule has 0 aromatic heterocycles. The number of ether oxygens (including phenoxy) is 1. The molecule has 3 atom stereocenters. The van der Waals surface area contributed by atoms with Crippen LogP contribution in [0.4, 0.5) is 0 Å². The third kappa shape index (κ3) is 3.96. The van der Waals surface area contributed by atoms with Gasteiger partial charge in [0.1, 0.15) is 0 Å². The van der Waals surface area contributed by atoms with Gasteiger partial charge in [0.15, 0.2) is 0 Å². The fourth-order valence-corrected chi connectivity index (χ4v) is 2.43. The van der Waals surface area contributed by atoms with Gasteiger partial charge in [0, 0.05) is 31.7 Å². The fraction of sp³-hybridized carbons (Fsp3) is 0.923. The number of hydrogen-bond acceptors (Lipinski definition) is 3. The van der Waals surface area contributed by atoms with Gasteiger partial charge in [0.25, 0.3) is 0 Å². The Morgan fingerprint density at radius 3 is 2.71 bits per heavy atom. The standard InChI is InChI=1S/C13H26N2O2/c1-4-10(2)15(7-8-17-3)13(16)11-5-6-12(14)9-11/h10-12H,4-9,14H2,1-3H3. The predicted molar refractivity (Wildman–Crippen MR) is 68.7 cm³/mol. The van der Waals surface area contributed by atoms with Crippen LogP contribution < -0.4 is 5.73 Å². The molecule has 0 aliphatic heterocycles. The topological polar surface area (TPSA) is 55.6 Å². The summed E-state index contributed by atoms with van der Waals surface area (Å²) in [5.41, 5.74) is 5.88. The zero-order valence-corrected chi connectivity index (χ0v) is 11.3. The van der Waals surface area contributed by atoms with E-state index in [-0.39, 0.29) is 23.9 Å². The van der Waals surface area contributed by atoms with Gasteiger partial charge in [0.05, 0.1) is 6.61 Å².